The molecule has 0 saturated heterocycles. The molecule has 0 bridgehead atoms. The van der Waals surface area contributed by atoms with E-state index in [0.717, 1.165) is 0 Å². The van der Waals surface area contributed by atoms with Crippen molar-refractivity contribution in [1.29, 1.82) is 0 Å². The van der Waals surface area contributed by atoms with Gasteiger partial charge in [-0.2, -0.15) is 8.42 Å². The van der Waals surface area contributed by atoms with Gasteiger partial charge in [0.05, 0.1) is 17.6 Å². The molecule has 1 aromatic carbocycles. The van der Waals surface area contributed by atoms with Gasteiger partial charge >= 0.3 is 0 Å². The largest absolute Gasteiger partial charge is 0.456 e. The van der Waals surface area contributed by atoms with Crippen LogP contribution in [-0.2, 0) is 10.3 Å². The molecular formula is C11H9NO3S. The fraction of sp³-hybridized carbons (Fsp3) is 0.0909. The fourth-order valence-corrected chi connectivity index (χ4v) is 1.64. The van der Waals surface area contributed by atoms with E-state index in [4.69, 9.17) is 4.74 Å². The molecule has 0 spiro atoms. The third-order valence-electron chi connectivity index (χ3n) is 1.96. The monoisotopic (exact) mass is 235 g/mol. The van der Waals surface area contributed by atoms with Gasteiger partial charge in [0.2, 0.25) is 10.3 Å². The Morgan fingerprint density at radius 1 is 1.19 bits per heavy atom. The third kappa shape index (κ3) is 2.58. The summed E-state index contributed by atoms with van der Waals surface area (Å²) in [5, 5.41) is 0. The number of ether oxygens (including phenoxy) is 1. The first-order valence-corrected chi connectivity index (χ1v) is 5.73. The van der Waals surface area contributed by atoms with Crippen LogP contribution in [0.2, 0.25) is 0 Å². The second kappa shape index (κ2) is 4.76. The molecule has 1 heterocycles. The van der Waals surface area contributed by atoms with Gasteiger partial charge in [-0.15, -0.1) is 0 Å². The number of benzene rings is 1. The minimum absolute atomic E-state index is 0.178. The van der Waals surface area contributed by atoms with E-state index in [1.807, 2.05) is 18.2 Å². The summed E-state index contributed by atoms with van der Waals surface area (Å²) in [6.07, 6.45) is 2.99. The minimum Gasteiger partial charge on any atom is -0.456 e. The second-order valence-corrected chi connectivity index (χ2v) is 4.13. The van der Waals surface area contributed by atoms with Crippen LogP contribution in [0.5, 0.6) is 5.75 Å². The number of aliphatic imine (C=N–C) groups is 1. The number of nitrogens with zero attached hydrogens (tertiary/aromatic N) is 1. The van der Waals surface area contributed by atoms with Crippen LogP contribution < -0.4 is 4.74 Å². The summed E-state index contributed by atoms with van der Waals surface area (Å²) in [5.74, 6) is 1.08. The maximum atomic E-state index is 10.7. The highest BCUT2D eigenvalue weighted by molar-refractivity contribution is 7.73. The molecule has 1 aliphatic rings. The molecule has 0 amide bonds. The van der Waals surface area contributed by atoms with Crippen LogP contribution in [0.15, 0.2) is 47.2 Å². The van der Waals surface area contributed by atoms with Crippen LogP contribution in [0.25, 0.3) is 0 Å². The predicted molar refractivity (Wildman–Crippen MR) is 62.4 cm³/mol. The van der Waals surface area contributed by atoms with Crippen molar-refractivity contribution in [3.63, 3.8) is 0 Å². The summed E-state index contributed by atoms with van der Waals surface area (Å²) in [4.78, 5) is 4.14. The standard InChI is InChI=1S/C11H9NO3S/c13-16(14)11-6-10(7-12-8-11)15-9-4-2-1-3-5-9/h1-7H,8H2. The van der Waals surface area contributed by atoms with Gasteiger partial charge in [-0.05, 0) is 12.1 Å². The molecule has 0 aromatic heterocycles. The Balaban J connectivity index is 2.24. The topological polar surface area (TPSA) is 55.7 Å². The van der Waals surface area contributed by atoms with Crippen LogP contribution in [0, 0.1) is 0 Å². The molecule has 1 aliphatic heterocycles. The van der Waals surface area contributed by atoms with Crippen LogP contribution in [-0.4, -0.2) is 26.0 Å². The molecule has 0 N–H and O–H groups in total. The van der Waals surface area contributed by atoms with Gasteiger partial charge in [0, 0.05) is 6.08 Å². The lowest BCUT2D eigenvalue weighted by atomic mass is 10.3. The van der Waals surface area contributed by atoms with Gasteiger partial charge in [-0.3, -0.25) is 4.99 Å². The van der Waals surface area contributed by atoms with E-state index in [-0.39, 0.29) is 11.4 Å². The maximum absolute atomic E-state index is 10.7. The summed E-state index contributed by atoms with van der Waals surface area (Å²) in [5.41, 5.74) is 0. The van der Waals surface area contributed by atoms with Crippen molar-refractivity contribution in [2.24, 2.45) is 4.99 Å². The first-order chi connectivity index (χ1) is 7.75. The lowest BCUT2D eigenvalue weighted by Gasteiger charge is -2.08. The van der Waals surface area contributed by atoms with Crippen molar-refractivity contribution in [1.82, 2.24) is 0 Å². The number of hydrogen-bond acceptors (Lipinski definition) is 4. The van der Waals surface area contributed by atoms with Crippen molar-refractivity contribution in [3.05, 3.63) is 42.2 Å². The van der Waals surface area contributed by atoms with Gasteiger partial charge in [0.1, 0.15) is 11.5 Å². The zero-order chi connectivity index (χ0) is 11.4. The number of dihydropyridines is 1. The zero-order valence-corrected chi connectivity index (χ0v) is 9.15. The molecule has 0 aliphatic carbocycles. The SMILES string of the molecule is O=S(=O)=C1C=C(Oc2ccccc2)C=NC1. The molecule has 16 heavy (non-hydrogen) atoms. The van der Waals surface area contributed by atoms with Crippen LogP contribution in [0.4, 0.5) is 0 Å². The van der Waals surface area contributed by atoms with E-state index < -0.39 is 10.3 Å². The number of hydrogen-bond donors (Lipinski definition) is 0. The number of para-hydroxylation sites is 1. The maximum Gasteiger partial charge on any atom is 0.219 e. The highest BCUT2D eigenvalue weighted by Gasteiger charge is 2.07. The van der Waals surface area contributed by atoms with Gasteiger partial charge in [-0.1, -0.05) is 18.2 Å². The Morgan fingerprint density at radius 2 is 1.94 bits per heavy atom. The zero-order valence-electron chi connectivity index (χ0n) is 8.33. The van der Waals surface area contributed by atoms with Crippen molar-refractivity contribution in [2.45, 2.75) is 0 Å². The van der Waals surface area contributed by atoms with E-state index in [1.54, 1.807) is 12.1 Å². The van der Waals surface area contributed by atoms with E-state index in [9.17, 15) is 8.42 Å². The molecule has 0 saturated carbocycles. The predicted octanol–water partition coefficient (Wildman–Crippen LogP) is 1.09. The first kappa shape index (κ1) is 10.6. The summed E-state index contributed by atoms with van der Waals surface area (Å²) < 4.78 is 26.9. The Kier molecular flexibility index (Phi) is 3.16. The second-order valence-electron chi connectivity index (χ2n) is 3.13. The van der Waals surface area contributed by atoms with Crippen LogP contribution in [0.1, 0.15) is 0 Å². The van der Waals surface area contributed by atoms with E-state index in [1.165, 1.54) is 12.3 Å². The molecular weight excluding hydrogens is 226 g/mol. The molecule has 4 nitrogen and oxygen atoms in total. The average molecular weight is 235 g/mol. The highest BCUT2D eigenvalue weighted by Crippen LogP contribution is 2.12. The Bertz CT molecular complexity index is 563. The molecule has 5 heteroatoms. The van der Waals surface area contributed by atoms with Crippen LogP contribution in [0.3, 0.4) is 0 Å². The van der Waals surface area contributed by atoms with Crippen molar-refractivity contribution in [3.8, 4) is 5.75 Å². The average Bonchev–Trinajstić information content (AvgIpc) is 2.30. The first-order valence-electron chi connectivity index (χ1n) is 4.65. The summed E-state index contributed by atoms with van der Waals surface area (Å²) in [6, 6.07) is 9.13. The molecule has 0 radical (unpaired) electrons. The molecule has 0 atom stereocenters. The molecule has 1 aromatic rings. The summed E-state index contributed by atoms with van der Waals surface area (Å²) in [7, 11) is -2.23. The van der Waals surface area contributed by atoms with Gasteiger partial charge < -0.3 is 4.74 Å². The highest BCUT2D eigenvalue weighted by atomic mass is 32.2. The van der Waals surface area contributed by atoms with Gasteiger partial charge in [-0.25, -0.2) is 0 Å². The molecule has 2 rings (SSSR count). The Labute approximate surface area is 94.4 Å². The van der Waals surface area contributed by atoms with Gasteiger partial charge in [0.25, 0.3) is 0 Å². The minimum atomic E-state index is -2.23. The van der Waals surface area contributed by atoms with E-state index >= 15 is 0 Å². The summed E-state index contributed by atoms with van der Waals surface area (Å²) >= 11 is 0. The van der Waals surface area contributed by atoms with Gasteiger partial charge in [0.15, 0.2) is 0 Å². The van der Waals surface area contributed by atoms with Crippen molar-refractivity contribution >= 4 is 21.4 Å². The smallest absolute Gasteiger partial charge is 0.219 e. The Hall–Kier alpha value is -1.88. The molecule has 0 unspecified atom stereocenters. The van der Waals surface area contributed by atoms with Crippen molar-refractivity contribution in [2.75, 3.05) is 6.54 Å². The Morgan fingerprint density at radius 3 is 2.62 bits per heavy atom. The lowest BCUT2D eigenvalue weighted by Crippen LogP contribution is -2.11. The quantitative estimate of drug-likeness (QED) is 0.721. The van der Waals surface area contributed by atoms with E-state index in [2.05, 4.69) is 4.99 Å². The third-order valence-corrected chi connectivity index (χ3v) is 2.64. The lowest BCUT2D eigenvalue weighted by molar-refractivity contribution is 0.457. The van der Waals surface area contributed by atoms with Crippen molar-refractivity contribution < 1.29 is 13.2 Å². The molecule has 0 fully saturated rings. The van der Waals surface area contributed by atoms with Crippen LogP contribution >= 0.6 is 0 Å². The number of allylic oxidation sites excluding steroid dienone is 1. The normalized spacial score (nSPS) is 14.5. The van der Waals surface area contributed by atoms with E-state index in [0.29, 0.717) is 11.5 Å². The molecule has 82 valence electrons. The summed E-state index contributed by atoms with van der Waals surface area (Å²) in [6.45, 7) is 0.178. The number of rotatable bonds is 2. The fourth-order valence-electron chi connectivity index (χ4n) is 1.25.